The van der Waals surface area contributed by atoms with Crippen LogP contribution in [0.15, 0.2) is 36.4 Å². The lowest BCUT2D eigenvalue weighted by atomic mass is 10.1. The molecule has 0 aliphatic rings. The molecule has 1 aromatic heterocycles. The van der Waals surface area contributed by atoms with E-state index in [1.165, 1.54) is 15.3 Å². The summed E-state index contributed by atoms with van der Waals surface area (Å²) in [5.41, 5.74) is 1.28. The first-order valence-corrected chi connectivity index (χ1v) is 7.94. The Balaban J connectivity index is 2.00. The molecule has 0 fully saturated rings. The summed E-state index contributed by atoms with van der Waals surface area (Å²) in [4.78, 5) is 2.85. The van der Waals surface area contributed by atoms with Gasteiger partial charge in [0, 0.05) is 21.8 Å². The molecule has 2 atom stereocenters. The molecule has 0 spiro atoms. The summed E-state index contributed by atoms with van der Waals surface area (Å²) >= 11 is 1.90. The van der Waals surface area contributed by atoms with Crippen LogP contribution in [0.25, 0.3) is 0 Å². The van der Waals surface area contributed by atoms with Crippen LogP contribution < -0.4 is 10.1 Å². The second-order valence-corrected chi connectivity index (χ2v) is 6.24. The second-order valence-electron chi connectivity index (χ2n) is 5.04. The summed E-state index contributed by atoms with van der Waals surface area (Å²) in [6.45, 7) is 6.63. The standard InChI is InChI=1S/C17H23NOS/c1-5-16-10-11-17(20-16)13(3)18-12(2)14-6-8-15(19-4)9-7-14/h6-13,18H,5H2,1-4H3/t12-,13?/m0/s1. The molecule has 108 valence electrons. The molecule has 2 aromatic rings. The molecule has 1 N–H and O–H groups in total. The highest BCUT2D eigenvalue weighted by molar-refractivity contribution is 7.12. The van der Waals surface area contributed by atoms with Crippen molar-refractivity contribution in [2.24, 2.45) is 0 Å². The number of hydrogen-bond donors (Lipinski definition) is 1. The number of hydrogen-bond acceptors (Lipinski definition) is 3. The zero-order valence-corrected chi connectivity index (χ0v) is 13.5. The highest BCUT2D eigenvalue weighted by Gasteiger charge is 2.12. The minimum Gasteiger partial charge on any atom is -0.497 e. The first kappa shape index (κ1) is 15.1. The fourth-order valence-corrected chi connectivity index (χ4v) is 3.23. The minimum absolute atomic E-state index is 0.322. The van der Waals surface area contributed by atoms with Crippen molar-refractivity contribution in [1.29, 1.82) is 0 Å². The molecule has 1 aromatic carbocycles. The van der Waals surface area contributed by atoms with E-state index < -0.39 is 0 Å². The van der Waals surface area contributed by atoms with Gasteiger partial charge in [-0.25, -0.2) is 0 Å². The number of ether oxygens (including phenoxy) is 1. The Kier molecular flexibility index (Phi) is 5.21. The Morgan fingerprint density at radius 2 is 1.75 bits per heavy atom. The molecule has 0 saturated carbocycles. The Hall–Kier alpha value is -1.32. The smallest absolute Gasteiger partial charge is 0.118 e. The third kappa shape index (κ3) is 3.62. The number of thiophene rings is 1. The monoisotopic (exact) mass is 289 g/mol. The lowest BCUT2D eigenvalue weighted by molar-refractivity contribution is 0.414. The highest BCUT2D eigenvalue weighted by Crippen LogP contribution is 2.26. The molecule has 2 nitrogen and oxygen atoms in total. The molecule has 0 saturated heterocycles. The number of aryl methyl sites for hydroxylation is 1. The van der Waals surface area contributed by atoms with Crippen LogP contribution in [0.1, 0.15) is 48.2 Å². The maximum atomic E-state index is 5.20. The Morgan fingerprint density at radius 1 is 1.05 bits per heavy atom. The molecule has 1 unspecified atom stereocenters. The van der Waals surface area contributed by atoms with E-state index in [-0.39, 0.29) is 0 Å². The van der Waals surface area contributed by atoms with Crippen molar-refractivity contribution in [2.75, 3.05) is 7.11 Å². The normalized spacial score (nSPS) is 14.0. The van der Waals surface area contributed by atoms with Gasteiger partial charge in [0.25, 0.3) is 0 Å². The number of benzene rings is 1. The van der Waals surface area contributed by atoms with Crippen molar-refractivity contribution in [3.63, 3.8) is 0 Å². The topological polar surface area (TPSA) is 21.3 Å². The molecule has 0 amide bonds. The van der Waals surface area contributed by atoms with Crippen LogP contribution >= 0.6 is 11.3 Å². The van der Waals surface area contributed by atoms with Crippen LogP contribution in [0.2, 0.25) is 0 Å². The zero-order valence-electron chi connectivity index (χ0n) is 12.6. The molecule has 2 rings (SSSR count). The van der Waals surface area contributed by atoms with Crippen LogP contribution in [0.4, 0.5) is 0 Å². The molecule has 0 bridgehead atoms. The van der Waals surface area contributed by atoms with E-state index >= 15 is 0 Å². The first-order valence-electron chi connectivity index (χ1n) is 7.12. The van der Waals surface area contributed by atoms with Crippen LogP contribution in [0.3, 0.4) is 0 Å². The van der Waals surface area contributed by atoms with Gasteiger partial charge in [-0.3, -0.25) is 0 Å². The Morgan fingerprint density at radius 3 is 2.30 bits per heavy atom. The summed E-state index contributed by atoms with van der Waals surface area (Å²) in [5.74, 6) is 0.903. The molecular weight excluding hydrogens is 266 g/mol. The van der Waals surface area contributed by atoms with Crippen LogP contribution in [0, 0.1) is 0 Å². The SMILES string of the molecule is CCc1ccc(C(C)N[C@@H](C)c2ccc(OC)cc2)s1. The van der Waals surface area contributed by atoms with Gasteiger partial charge in [0.1, 0.15) is 5.75 Å². The second kappa shape index (κ2) is 6.91. The predicted molar refractivity (Wildman–Crippen MR) is 86.7 cm³/mol. The summed E-state index contributed by atoms with van der Waals surface area (Å²) in [6.07, 6.45) is 1.12. The minimum atomic E-state index is 0.322. The maximum Gasteiger partial charge on any atom is 0.118 e. The summed E-state index contributed by atoms with van der Waals surface area (Å²) in [7, 11) is 1.70. The molecule has 3 heteroatoms. The largest absolute Gasteiger partial charge is 0.497 e. The highest BCUT2D eigenvalue weighted by atomic mass is 32.1. The molecule has 0 aliphatic heterocycles. The van der Waals surface area contributed by atoms with Crippen molar-refractivity contribution in [3.05, 3.63) is 51.7 Å². The van der Waals surface area contributed by atoms with E-state index in [1.54, 1.807) is 7.11 Å². The van der Waals surface area contributed by atoms with E-state index in [0.717, 1.165) is 12.2 Å². The maximum absolute atomic E-state index is 5.20. The number of nitrogens with one attached hydrogen (secondary N) is 1. The van der Waals surface area contributed by atoms with Gasteiger partial charge >= 0.3 is 0 Å². The molecular formula is C17H23NOS. The van der Waals surface area contributed by atoms with Gasteiger partial charge in [-0.1, -0.05) is 19.1 Å². The van der Waals surface area contributed by atoms with Crippen LogP contribution in [-0.4, -0.2) is 7.11 Å². The first-order chi connectivity index (χ1) is 9.63. The van der Waals surface area contributed by atoms with Crippen molar-refractivity contribution in [3.8, 4) is 5.75 Å². The summed E-state index contributed by atoms with van der Waals surface area (Å²) < 4.78 is 5.20. The van der Waals surface area contributed by atoms with Gasteiger partial charge in [-0.15, -0.1) is 11.3 Å². The fourth-order valence-electron chi connectivity index (χ4n) is 2.26. The van der Waals surface area contributed by atoms with Crippen molar-refractivity contribution in [1.82, 2.24) is 5.32 Å². The van der Waals surface area contributed by atoms with Gasteiger partial charge in [-0.2, -0.15) is 0 Å². The van der Waals surface area contributed by atoms with Crippen molar-refractivity contribution < 1.29 is 4.74 Å². The zero-order chi connectivity index (χ0) is 14.5. The van der Waals surface area contributed by atoms with Gasteiger partial charge < -0.3 is 10.1 Å². The Labute approximate surface area is 125 Å². The van der Waals surface area contributed by atoms with Gasteiger partial charge in [0.2, 0.25) is 0 Å². The molecule has 0 aliphatic carbocycles. The van der Waals surface area contributed by atoms with Gasteiger partial charge in [-0.05, 0) is 50.1 Å². The third-order valence-corrected chi connectivity index (χ3v) is 4.99. The summed E-state index contributed by atoms with van der Waals surface area (Å²) in [5, 5.41) is 3.66. The average Bonchev–Trinajstić information content (AvgIpc) is 2.96. The predicted octanol–water partition coefficient (Wildman–Crippen LogP) is 4.73. The number of rotatable bonds is 6. The average molecular weight is 289 g/mol. The van der Waals surface area contributed by atoms with E-state index in [0.29, 0.717) is 12.1 Å². The summed E-state index contributed by atoms with van der Waals surface area (Å²) in [6, 6.07) is 13.4. The van der Waals surface area contributed by atoms with Crippen molar-refractivity contribution >= 4 is 11.3 Å². The van der Waals surface area contributed by atoms with Crippen molar-refractivity contribution in [2.45, 2.75) is 39.3 Å². The molecule has 20 heavy (non-hydrogen) atoms. The number of methoxy groups -OCH3 is 1. The molecule has 1 heterocycles. The lowest BCUT2D eigenvalue weighted by Gasteiger charge is -2.19. The van der Waals surface area contributed by atoms with Gasteiger partial charge in [0.05, 0.1) is 7.11 Å². The lowest BCUT2D eigenvalue weighted by Crippen LogP contribution is -2.21. The third-order valence-electron chi connectivity index (χ3n) is 3.57. The van der Waals surface area contributed by atoms with Crippen LogP contribution in [-0.2, 0) is 6.42 Å². The Bertz CT molecular complexity index is 532. The molecule has 0 radical (unpaired) electrons. The van der Waals surface area contributed by atoms with E-state index in [4.69, 9.17) is 4.74 Å². The fraction of sp³-hybridized carbons (Fsp3) is 0.412. The van der Waals surface area contributed by atoms with E-state index in [2.05, 4.69) is 50.4 Å². The van der Waals surface area contributed by atoms with E-state index in [1.807, 2.05) is 23.5 Å². The quantitative estimate of drug-likeness (QED) is 0.830. The van der Waals surface area contributed by atoms with E-state index in [9.17, 15) is 0 Å². The van der Waals surface area contributed by atoms with Gasteiger partial charge in [0.15, 0.2) is 0 Å². The van der Waals surface area contributed by atoms with Crippen LogP contribution in [0.5, 0.6) is 5.75 Å².